The number of nitrogens with one attached hydrogen (secondary N) is 1. The van der Waals surface area contributed by atoms with Gasteiger partial charge in [0.25, 0.3) is 0 Å². The maximum atomic E-state index is 5.45. The van der Waals surface area contributed by atoms with Crippen molar-refractivity contribution >= 4 is 5.96 Å². The van der Waals surface area contributed by atoms with Gasteiger partial charge >= 0.3 is 0 Å². The maximum absolute atomic E-state index is 5.45. The number of benzene rings is 1. The number of rotatable bonds is 8. The van der Waals surface area contributed by atoms with Crippen LogP contribution >= 0.6 is 0 Å². The fraction of sp³-hybridized carbons (Fsp3) is 0.565. The minimum Gasteiger partial charge on any atom is -0.497 e. The van der Waals surface area contributed by atoms with E-state index in [0.717, 1.165) is 55.9 Å². The largest absolute Gasteiger partial charge is 0.497 e. The fourth-order valence-electron chi connectivity index (χ4n) is 3.91. The van der Waals surface area contributed by atoms with Crippen molar-refractivity contribution < 1.29 is 9.47 Å². The Morgan fingerprint density at radius 1 is 1.23 bits per heavy atom. The second kappa shape index (κ2) is 10.4. The molecule has 0 saturated carbocycles. The van der Waals surface area contributed by atoms with Crippen molar-refractivity contribution in [1.29, 1.82) is 0 Å². The standard InChI is InChI=1S/C23H35N5O2/c1-6-24-23(26-14-22-25-8-10-27(22)15-17(2)3)28-9-7-18(16-28)19-11-20(29-4)13-21(12-19)30-5/h8,10-13,17-18H,6-7,9,14-16H2,1-5H3,(H,24,26). The van der Waals surface area contributed by atoms with Gasteiger partial charge < -0.3 is 24.3 Å². The lowest BCUT2D eigenvalue weighted by molar-refractivity contribution is 0.392. The van der Waals surface area contributed by atoms with Crippen molar-refractivity contribution in [2.75, 3.05) is 33.9 Å². The van der Waals surface area contributed by atoms with Gasteiger partial charge in [0.15, 0.2) is 5.96 Å². The normalized spacial score (nSPS) is 16.9. The van der Waals surface area contributed by atoms with E-state index in [4.69, 9.17) is 14.5 Å². The lowest BCUT2D eigenvalue weighted by atomic mass is 9.98. The highest BCUT2D eigenvalue weighted by Crippen LogP contribution is 2.33. The van der Waals surface area contributed by atoms with E-state index >= 15 is 0 Å². The van der Waals surface area contributed by atoms with Crippen molar-refractivity contribution in [1.82, 2.24) is 19.8 Å². The molecule has 2 aromatic rings. The summed E-state index contributed by atoms with van der Waals surface area (Å²) in [6.07, 6.45) is 4.98. The van der Waals surface area contributed by atoms with E-state index in [9.17, 15) is 0 Å². The molecule has 30 heavy (non-hydrogen) atoms. The van der Waals surface area contributed by atoms with Crippen LogP contribution in [0.3, 0.4) is 0 Å². The number of ether oxygens (including phenoxy) is 2. The Balaban J connectivity index is 1.72. The molecule has 0 aliphatic carbocycles. The first kappa shape index (κ1) is 22.0. The Morgan fingerprint density at radius 3 is 2.60 bits per heavy atom. The molecule has 3 rings (SSSR count). The van der Waals surface area contributed by atoms with E-state index in [2.05, 4.69) is 52.7 Å². The molecule has 0 amide bonds. The lowest BCUT2D eigenvalue weighted by Crippen LogP contribution is -2.40. The summed E-state index contributed by atoms with van der Waals surface area (Å²) in [5.41, 5.74) is 1.25. The van der Waals surface area contributed by atoms with Gasteiger partial charge in [-0.15, -0.1) is 0 Å². The molecule has 1 atom stereocenters. The molecule has 1 aromatic heterocycles. The van der Waals surface area contributed by atoms with E-state index in [0.29, 0.717) is 18.4 Å². The Morgan fingerprint density at radius 2 is 1.97 bits per heavy atom. The molecule has 0 bridgehead atoms. The zero-order valence-electron chi connectivity index (χ0n) is 18.9. The van der Waals surface area contributed by atoms with E-state index in [-0.39, 0.29) is 0 Å². The number of hydrogen-bond donors (Lipinski definition) is 1. The van der Waals surface area contributed by atoms with Crippen LogP contribution in [-0.2, 0) is 13.1 Å². The average molecular weight is 414 g/mol. The third kappa shape index (κ3) is 5.46. The Bertz CT molecular complexity index is 824. The van der Waals surface area contributed by atoms with Crippen LogP contribution in [0, 0.1) is 5.92 Å². The van der Waals surface area contributed by atoms with Crippen molar-refractivity contribution in [2.45, 2.75) is 46.2 Å². The topological polar surface area (TPSA) is 63.9 Å². The number of methoxy groups -OCH3 is 2. The summed E-state index contributed by atoms with van der Waals surface area (Å²) in [4.78, 5) is 11.8. The molecule has 1 aliphatic rings. The highest BCUT2D eigenvalue weighted by Gasteiger charge is 2.27. The van der Waals surface area contributed by atoms with Crippen molar-refractivity contribution in [3.63, 3.8) is 0 Å². The molecule has 1 saturated heterocycles. The van der Waals surface area contributed by atoms with Gasteiger partial charge in [-0.2, -0.15) is 0 Å². The summed E-state index contributed by atoms with van der Waals surface area (Å²) in [6, 6.07) is 6.15. The second-order valence-electron chi connectivity index (χ2n) is 8.14. The molecule has 1 aromatic carbocycles. The quantitative estimate of drug-likeness (QED) is 0.530. The third-order valence-corrected chi connectivity index (χ3v) is 5.40. The summed E-state index contributed by atoms with van der Waals surface area (Å²) in [7, 11) is 3.39. The first-order chi connectivity index (χ1) is 14.5. The van der Waals surface area contributed by atoms with Crippen LogP contribution in [0.4, 0.5) is 0 Å². The van der Waals surface area contributed by atoms with Gasteiger partial charge in [-0.25, -0.2) is 9.98 Å². The number of likely N-dealkylation sites (tertiary alicyclic amines) is 1. The predicted octanol–water partition coefficient (Wildman–Crippen LogP) is 3.51. The van der Waals surface area contributed by atoms with Crippen LogP contribution in [0.5, 0.6) is 11.5 Å². The number of aliphatic imine (C=N–C) groups is 1. The van der Waals surface area contributed by atoms with Gasteiger partial charge in [-0.05, 0) is 37.0 Å². The summed E-state index contributed by atoms with van der Waals surface area (Å²) >= 11 is 0. The van der Waals surface area contributed by atoms with Crippen molar-refractivity contribution in [3.8, 4) is 11.5 Å². The molecule has 0 spiro atoms. The summed E-state index contributed by atoms with van der Waals surface area (Å²) in [5, 5.41) is 3.45. The van der Waals surface area contributed by atoms with Crippen molar-refractivity contribution in [3.05, 3.63) is 42.0 Å². The van der Waals surface area contributed by atoms with E-state index < -0.39 is 0 Å². The van der Waals surface area contributed by atoms with Gasteiger partial charge in [0.05, 0.1) is 14.2 Å². The second-order valence-corrected chi connectivity index (χ2v) is 8.14. The van der Waals surface area contributed by atoms with Crippen LogP contribution in [0.25, 0.3) is 0 Å². The lowest BCUT2D eigenvalue weighted by Gasteiger charge is -2.22. The summed E-state index contributed by atoms with van der Waals surface area (Å²) in [6.45, 7) is 10.8. The molecule has 2 heterocycles. The molecular formula is C23H35N5O2. The average Bonchev–Trinajstić information content (AvgIpc) is 3.40. The van der Waals surface area contributed by atoms with Gasteiger partial charge in [-0.3, -0.25) is 0 Å². The predicted molar refractivity (Wildman–Crippen MR) is 120 cm³/mol. The Hall–Kier alpha value is -2.70. The van der Waals surface area contributed by atoms with Gasteiger partial charge in [0.1, 0.15) is 23.9 Å². The monoisotopic (exact) mass is 413 g/mol. The highest BCUT2D eigenvalue weighted by molar-refractivity contribution is 5.80. The van der Waals surface area contributed by atoms with Crippen LogP contribution in [0.1, 0.15) is 44.5 Å². The molecule has 7 heteroatoms. The number of nitrogens with zero attached hydrogens (tertiary/aromatic N) is 4. The molecule has 1 unspecified atom stereocenters. The molecule has 7 nitrogen and oxygen atoms in total. The van der Waals surface area contributed by atoms with Crippen LogP contribution in [-0.4, -0.2) is 54.3 Å². The molecule has 1 fully saturated rings. The minimum atomic E-state index is 0.417. The highest BCUT2D eigenvalue weighted by atomic mass is 16.5. The van der Waals surface area contributed by atoms with Crippen LogP contribution < -0.4 is 14.8 Å². The first-order valence-corrected chi connectivity index (χ1v) is 10.8. The molecule has 1 aliphatic heterocycles. The van der Waals surface area contributed by atoms with E-state index in [1.54, 1.807) is 14.2 Å². The Labute approximate surface area is 180 Å². The van der Waals surface area contributed by atoms with E-state index in [1.807, 2.05) is 18.5 Å². The van der Waals surface area contributed by atoms with Gasteiger partial charge in [0.2, 0.25) is 0 Å². The molecule has 1 N–H and O–H groups in total. The zero-order valence-corrected chi connectivity index (χ0v) is 18.9. The number of imidazole rings is 1. The number of guanidine groups is 1. The van der Waals surface area contributed by atoms with Gasteiger partial charge in [-0.1, -0.05) is 13.8 Å². The molecule has 164 valence electrons. The smallest absolute Gasteiger partial charge is 0.194 e. The first-order valence-electron chi connectivity index (χ1n) is 10.8. The SMILES string of the molecule is CCNC(=NCc1nccn1CC(C)C)N1CCC(c2cc(OC)cc(OC)c2)C1. The summed E-state index contributed by atoms with van der Waals surface area (Å²) < 4.78 is 13.1. The van der Waals surface area contributed by atoms with E-state index in [1.165, 1.54) is 5.56 Å². The Kier molecular flexibility index (Phi) is 7.60. The fourth-order valence-corrected chi connectivity index (χ4v) is 3.91. The zero-order chi connectivity index (χ0) is 21.5. The van der Waals surface area contributed by atoms with Crippen LogP contribution in [0.15, 0.2) is 35.6 Å². The van der Waals surface area contributed by atoms with Crippen LogP contribution in [0.2, 0.25) is 0 Å². The molecule has 0 radical (unpaired) electrons. The third-order valence-electron chi connectivity index (χ3n) is 5.40. The van der Waals surface area contributed by atoms with Crippen molar-refractivity contribution in [2.24, 2.45) is 10.9 Å². The number of aromatic nitrogens is 2. The maximum Gasteiger partial charge on any atom is 0.194 e. The molecular weight excluding hydrogens is 378 g/mol. The van der Waals surface area contributed by atoms with Gasteiger partial charge in [0, 0.05) is 50.6 Å². The summed E-state index contributed by atoms with van der Waals surface area (Å²) in [5.74, 6) is 4.62. The number of hydrogen-bond acceptors (Lipinski definition) is 4. The minimum absolute atomic E-state index is 0.417.